The zero-order chi connectivity index (χ0) is 16.8. The van der Waals surface area contributed by atoms with Crippen LogP contribution in [0.4, 0.5) is 4.79 Å². The summed E-state index contributed by atoms with van der Waals surface area (Å²) in [7, 11) is 0. The van der Waals surface area contributed by atoms with Crippen LogP contribution in [0.5, 0.6) is 0 Å². The van der Waals surface area contributed by atoms with Gasteiger partial charge in [0.25, 0.3) is 0 Å². The second-order valence-corrected chi connectivity index (χ2v) is 7.97. The predicted octanol–water partition coefficient (Wildman–Crippen LogP) is 0.941. The second kappa shape index (κ2) is 5.97. The van der Waals surface area contributed by atoms with Crippen molar-refractivity contribution in [3.8, 4) is 0 Å². The number of carbonyl (C=O) groups excluding carboxylic acids is 3. The summed E-state index contributed by atoms with van der Waals surface area (Å²) in [5, 5.41) is 2.10. The van der Waals surface area contributed by atoms with Gasteiger partial charge in [-0.1, -0.05) is 12.8 Å². The Morgan fingerprint density at radius 1 is 1.21 bits per heavy atom. The number of nitrogens with zero attached hydrogens (tertiary/aromatic N) is 2. The van der Waals surface area contributed by atoms with Gasteiger partial charge in [0.15, 0.2) is 6.67 Å². The summed E-state index contributed by atoms with van der Waals surface area (Å²) < 4.78 is 0. The number of urea groups is 1. The molecule has 1 unspecified atom stereocenters. The van der Waals surface area contributed by atoms with Crippen molar-refractivity contribution in [1.29, 1.82) is 0 Å². The Bertz CT molecular complexity index is 695. The van der Waals surface area contributed by atoms with Gasteiger partial charge < -0.3 is 4.90 Å². The van der Waals surface area contributed by atoms with Crippen molar-refractivity contribution in [1.82, 2.24) is 9.80 Å². The Kier molecular flexibility index (Phi) is 3.92. The summed E-state index contributed by atoms with van der Waals surface area (Å²) >= 11 is 1.77. The molecule has 0 bridgehead atoms. The number of nitrogens with one attached hydrogen (secondary N) is 1. The number of rotatable bonds is 3. The van der Waals surface area contributed by atoms with E-state index < -0.39 is 17.8 Å². The Hall–Kier alpha value is -1.73. The van der Waals surface area contributed by atoms with Crippen LogP contribution in [-0.2, 0) is 16.0 Å². The number of quaternary nitrogens is 1. The summed E-state index contributed by atoms with van der Waals surface area (Å²) in [4.78, 5) is 42.3. The van der Waals surface area contributed by atoms with E-state index in [1.54, 1.807) is 11.3 Å². The average Bonchev–Trinajstić information content (AvgIpc) is 3.28. The summed E-state index contributed by atoms with van der Waals surface area (Å²) in [5.74, 6) is -1.28. The first-order chi connectivity index (χ1) is 11.6. The fourth-order valence-corrected chi connectivity index (χ4v) is 5.20. The molecule has 3 heterocycles. The van der Waals surface area contributed by atoms with Crippen LogP contribution in [0.1, 0.15) is 49.1 Å². The van der Waals surface area contributed by atoms with E-state index in [4.69, 9.17) is 0 Å². The predicted molar refractivity (Wildman–Crippen MR) is 88.5 cm³/mol. The van der Waals surface area contributed by atoms with Gasteiger partial charge >= 0.3 is 17.8 Å². The quantitative estimate of drug-likeness (QED) is 0.653. The molecule has 1 saturated heterocycles. The standard InChI is InChI=1S/C17H21N3O3S/c1-11-13-7-9-24-14(13)6-8-18(11)10-19-15(21)16(22)20(17(19)23)12-4-2-3-5-12/h7,9,11-12H,2-6,8,10H2,1H3/p+1/t11-/m1/s1. The third kappa shape index (κ3) is 2.38. The summed E-state index contributed by atoms with van der Waals surface area (Å²) in [6.45, 7) is 3.29. The van der Waals surface area contributed by atoms with Gasteiger partial charge in [-0.2, -0.15) is 0 Å². The Morgan fingerprint density at radius 3 is 2.71 bits per heavy atom. The van der Waals surface area contributed by atoms with Crippen LogP contribution in [0.3, 0.4) is 0 Å². The first kappa shape index (κ1) is 15.8. The number of carbonyl (C=O) groups is 3. The van der Waals surface area contributed by atoms with Gasteiger partial charge in [0.1, 0.15) is 6.04 Å². The second-order valence-electron chi connectivity index (χ2n) is 6.97. The van der Waals surface area contributed by atoms with Crippen molar-refractivity contribution in [3.05, 3.63) is 21.9 Å². The third-order valence-corrected chi connectivity index (χ3v) is 6.66. The normalized spacial score (nSPS) is 28.1. The van der Waals surface area contributed by atoms with E-state index in [0.29, 0.717) is 0 Å². The van der Waals surface area contributed by atoms with Gasteiger partial charge in [-0.15, -0.1) is 11.3 Å². The summed E-state index contributed by atoms with van der Waals surface area (Å²) in [6.07, 6.45) is 4.65. The molecule has 2 aliphatic heterocycles. The van der Waals surface area contributed by atoms with Gasteiger partial charge in [0, 0.05) is 22.9 Å². The molecule has 128 valence electrons. The maximum absolute atomic E-state index is 12.7. The maximum Gasteiger partial charge on any atom is 0.338 e. The van der Waals surface area contributed by atoms with E-state index in [9.17, 15) is 14.4 Å². The summed E-state index contributed by atoms with van der Waals surface area (Å²) in [5.41, 5.74) is 1.30. The highest BCUT2D eigenvalue weighted by atomic mass is 32.1. The van der Waals surface area contributed by atoms with Crippen molar-refractivity contribution < 1.29 is 19.3 Å². The number of thiophene rings is 1. The lowest BCUT2D eigenvalue weighted by molar-refractivity contribution is -0.938. The zero-order valence-corrected chi connectivity index (χ0v) is 14.6. The number of imide groups is 2. The van der Waals surface area contributed by atoms with Crippen molar-refractivity contribution in [3.63, 3.8) is 0 Å². The first-order valence-corrected chi connectivity index (χ1v) is 9.55. The topological polar surface area (TPSA) is 62.1 Å². The molecule has 0 aromatic carbocycles. The summed E-state index contributed by atoms with van der Waals surface area (Å²) in [6, 6.07) is 1.87. The van der Waals surface area contributed by atoms with Crippen LogP contribution in [0.2, 0.25) is 0 Å². The molecule has 7 heteroatoms. The molecule has 2 fully saturated rings. The van der Waals surface area contributed by atoms with Crippen LogP contribution in [0, 0.1) is 0 Å². The molecular formula is C17H22N3O3S+. The SMILES string of the molecule is C[C@@H]1c2ccsc2CC[NH+]1CN1C(=O)C(=O)N(C2CCCC2)C1=O. The highest BCUT2D eigenvalue weighted by molar-refractivity contribution is 7.10. The maximum atomic E-state index is 12.7. The lowest BCUT2D eigenvalue weighted by atomic mass is 10.0. The monoisotopic (exact) mass is 348 g/mol. The van der Waals surface area contributed by atoms with Gasteiger partial charge in [0.05, 0.1) is 6.54 Å². The average molecular weight is 348 g/mol. The van der Waals surface area contributed by atoms with E-state index in [-0.39, 0.29) is 18.8 Å². The number of hydrogen-bond acceptors (Lipinski definition) is 4. The van der Waals surface area contributed by atoms with Gasteiger partial charge in [0.2, 0.25) is 0 Å². The van der Waals surface area contributed by atoms with Crippen LogP contribution in [0.15, 0.2) is 11.4 Å². The molecule has 1 aliphatic carbocycles. The molecular weight excluding hydrogens is 326 g/mol. The zero-order valence-electron chi connectivity index (χ0n) is 13.8. The first-order valence-electron chi connectivity index (χ1n) is 8.67. The fourth-order valence-electron chi connectivity index (χ4n) is 4.22. The van der Waals surface area contributed by atoms with E-state index >= 15 is 0 Å². The van der Waals surface area contributed by atoms with Crippen molar-refractivity contribution in [2.75, 3.05) is 13.2 Å². The van der Waals surface area contributed by atoms with Crippen molar-refractivity contribution in [2.45, 2.75) is 51.1 Å². The van der Waals surface area contributed by atoms with Crippen molar-refractivity contribution in [2.24, 2.45) is 0 Å². The smallest absolute Gasteiger partial charge is 0.311 e. The minimum absolute atomic E-state index is 0.0868. The Labute approximate surface area is 145 Å². The molecule has 1 N–H and O–H groups in total. The van der Waals surface area contributed by atoms with Crippen LogP contribution >= 0.6 is 11.3 Å². The lowest BCUT2D eigenvalue weighted by Gasteiger charge is -2.32. The number of fused-ring (bicyclic) bond motifs is 1. The molecule has 2 atom stereocenters. The molecule has 1 saturated carbocycles. The molecule has 1 aromatic rings. The molecule has 3 aliphatic rings. The molecule has 0 spiro atoms. The van der Waals surface area contributed by atoms with Gasteiger partial charge in [-0.3, -0.25) is 14.5 Å². The lowest BCUT2D eigenvalue weighted by Crippen LogP contribution is -3.14. The molecule has 0 radical (unpaired) electrons. The van der Waals surface area contributed by atoms with Gasteiger partial charge in [-0.25, -0.2) is 9.69 Å². The molecule has 6 nitrogen and oxygen atoms in total. The largest absolute Gasteiger partial charge is 0.338 e. The highest BCUT2D eigenvalue weighted by Gasteiger charge is 2.50. The van der Waals surface area contributed by atoms with Crippen LogP contribution in [-0.4, -0.2) is 46.9 Å². The van der Waals surface area contributed by atoms with Gasteiger partial charge in [-0.05, 0) is 31.2 Å². The van der Waals surface area contributed by atoms with Crippen molar-refractivity contribution >= 4 is 29.2 Å². The van der Waals surface area contributed by atoms with Crippen LogP contribution in [0.25, 0.3) is 0 Å². The minimum Gasteiger partial charge on any atom is -0.311 e. The Balaban J connectivity index is 1.51. The fraction of sp³-hybridized carbons (Fsp3) is 0.588. The molecule has 24 heavy (non-hydrogen) atoms. The minimum atomic E-state index is -0.650. The highest BCUT2D eigenvalue weighted by Crippen LogP contribution is 2.28. The van der Waals surface area contributed by atoms with Crippen LogP contribution < -0.4 is 4.90 Å². The van der Waals surface area contributed by atoms with E-state index in [2.05, 4.69) is 18.4 Å². The molecule has 4 rings (SSSR count). The van der Waals surface area contributed by atoms with E-state index in [0.717, 1.165) is 38.6 Å². The molecule has 4 amide bonds. The number of hydrogen-bond donors (Lipinski definition) is 1. The van der Waals surface area contributed by atoms with E-state index in [1.165, 1.54) is 25.1 Å². The third-order valence-electron chi connectivity index (χ3n) is 5.67. The molecule has 1 aromatic heterocycles. The number of amides is 4. The van der Waals surface area contributed by atoms with E-state index in [1.807, 2.05) is 0 Å². The Morgan fingerprint density at radius 2 is 1.96 bits per heavy atom.